The minimum absolute atomic E-state index is 0.0569. The molecule has 2 aliphatic rings. The van der Waals surface area contributed by atoms with E-state index in [0.29, 0.717) is 16.9 Å². The van der Waals surface area contributed by atoms with Crippen molar-refractivity contribution in [3.63, 3.8) is 0 Å². The number of halogens is 1. The average molecular weight is 396 g/mol. The van der Waals surface area contributed by atoms with Crippen molar-refractivity contribution in [1.82, 2.24) is 4.90 Å². The predicted molar refractivity (Wildman–Crippen MR) is 95.3 cm³/mol. The van der Waals surface area contributed by atoms with Gasteiger partial charge in [-0.25, -0.2) is 0 Å². The highest BCUT2D eigenvalue weighted by atomic mass is 79.9. The summed E-state index contributed by atoms with van der Waals surface area (Å²) in [5.74, 6) is 0.813. The highest BCUT2D eigenvalue weighted by Gasteiger charge is 2.32. The summed E-state index contributed by atoms with van der Waals surface area (Å²) in [5.41, 5.74) is 2.39. The molecule has 6 heteroatoms. The Hall–Kier alpha value is -1.27. The van der Waals surface area contributed by atoms with Crippen LogP contribution in [-0.2, 0) is 4.79 Å². The van der Waals surface area contributed by atoms with Crippen molar-refractivity contribution in [2.24, 2.45) is 5.92 Å². The molecule has 0 aromatic heterocycles. The fraction of sp³-hybridized carbons (Fsp3) is 0.412. The molecule has 1 aliphatic heterocycles. The van der Waals surface area contributed by atoms with Crippen molar-refractivity contribution < 1.29 is 14.7 Å². The van der Waals surface area contributed by atoms with Gasteiger partial charge < -0.3 is 5.11 Å². The third kappa shape index (κ3) is 3.98. The van der Waals surface area contributed by atoms with Crippen LogP contribution in [0.3, 0.4) is 0 Å². The van der Waals surface area contributed by atoms with E-state index in [1.807, 2.05) is 12.1 Å². The Bertz CT molecular complexity index is 658. The van der Waals surface area contributed by atoms with Gasteiger partial charge in [-0.1, -0.05) is 29.5 Å². The smallest absolute Gasteiger partial charge is 0.288 e. The highest BCUT2D eigenvalue weighted by Crippen LogP contribution is 2.33. The van der Waals surface area contributed by atoms with Gasteiger partial charge >= 0.3 is 0 Å². The molecule has 0 bridgehead atoms. The van der Waals surface area contributed by atoms with E-state index in [2.05, 4.69) is 22.0 Å². The van der Waals surface area contributed by atoms with Crippen molar-refractivity contribution in [2.45, 2.75) is 25.7 Å². The molecule has 1 aromatic rings. The Labute approximate surface area is 148 Å². The molecule has 0 radical (unpaired) electrons. The summed E-state index contributed by atoms with van der Waals surface area (Å²) < 4.78 is 0.685. The molecule has 1 saturated heterocycles. The molecule has 3 rings (SSSR count). The van der Waals surface area contributed by atoms with Crippen molar-refractivity contribution in [2.75, 3.05) is 12.3 Å². The summed E-state index contributed by atoms with van der Waals surface area (Å²) in [6, 6.07) is 5.46. The van der Waals surface area contributed by atoms with Gasteiger partial charge in [0.1, 0.15) is 5.75 Å². The summed E-state index contributed by atoms with van der Waals surface area (Å²) >= 11 is 4.43. The number of aromatic hydroxyl groups is 1. The fourth-order valence-electron chi connectivity index (χ4n) is 3.14. The first kappa shape index (κ1) is 16.6. The number of hydrogen-bond acceptors (Lipinski definition) is 4. The molecule has 122 valence electrons. The number of allylic oxidation sites excluding steroid dienone is 1. The SMILES string of the molecule is O=C1CSC(=O)N1CC1CCC/C(=C\c2ccc(O)c(Br)c2)C1. The molecule has 1 saturated carbocycles. The number of hydrogen-bond donors (Lipinski definition) is 1. The molecule has 1 aromatic carbocycles. The number of phenolic OH excluding ortho intramolecular Hbond substituents is 1. The second-order valence-corrected chi connectivity index (χ2v) is 7.82. The zero-order valence-corrected chi connectivity index (χ0v) is 15.0. The van der Waals surface area contributed by atoms with Gasteiger partial charge in [0.15, 0.2) is 0 Å². The highest BCUT2D eigenvalue weighted by molar-refractivity contribution is 9.10. The Morgan fingerprint density at radius 3 is 2.91 bits per heavy atom. The van der Waals surface area contributed by atoms with Crippen LogP contribution in [0, 0.1) is 5.92 Å². The van der Waals surface area contributed by atoms with Gasteiger partial charge in [-0.15, -0.1) is 0 Å². The largest absolute Gasteiger partial charge is 0.507 e. The lowest BCUT2D eigenvalue weighted by atomic mass is 9.84. The van der Waals surface area contributed by atoms with Crippen LogP contribution >= 0.6 is 27.7 Å². The molecule has 2 fully saturated rings. The average Bonchev–Trinajstić information content (AvgIpc) is 2.83. The summed E-state index contributed by atoms with van der Waals surface area (Å²) in [5, 5.41) is 9.46. The van der Waals surface area contributed by atoms with E-state index in [1.165, 1.54) is 10.5 Å². The van der Waals surface area contributed by atoms with Gasteiger partial charge in [-0.05, 0) is 65.2 Å². The Kier molecular flexibility index (Phi) is 5.11. The monoisotopic (exact) mass is 395 g/mol. The molecular formula is C17H18BrNO3S. The van der Waals surface area contributed by atoms with E-state index in [1.54, 1.807) is 6.07 Å². The molecule has 1 unspecified atom stereocenters. The Morgan fingerprint density at radius 2 is 2.22 bits per heavy atom. The zero-order chi connectivity index (χ0) is 16.4. The standard InChI is InChI=1S/C17H18BrNO3S/c18-14-8-12(4-5-15(14)20)6-11-2-1-3-13(7-11)9-19-16(21)10-23-17(19)22/h4-6,8,13,20H,1-3,7,9-10H2/b11-6+. The minimum atomic E-state index is -0.103. The van der Waals surface area contributed by atoms with E-state index in [9.17, 15) is 14.7 Å². The van der Waals surface area contributed by atoms with E-state index in [4.69, 9.17) is 0 Å². The first-order valence-corrected chi connectivity index (χ1v) is 9.46. The number of amides is 2. The van der Waals surface area contributed by atoms with Crippen molar-refractivity contribution in [1.29, 1.82) is 0 Å². The van der Waals surface area contributed by atoms with Crippen LogP contribution in [0.1, 0.15) is 31.2 Å². The van der Waals surface area contributed by atoms with Crippen LogP contribution in [0.2, 0.25) is 0 Å². The molecule has 23 heavy (non-hydrogen) atoms. The number of benzene rings is 1. The lowest BCUT2D eigenvalue weighted by molar-refractivity contribution is -0.125. The van der Waals surface area contributed by atoms with E-state index in [-0.39, 0.29) is 22.6 Å². The minimum Gasteiger partial charge on any atom is -0.507 e. The van der Waals surface area contributed by atoms with Crippen molar-refractivity contribution in [3.8, 4) is 5.75 Å². The van der Waals surface area contributed by atoms with Crippen LogP contribution < -0.4 is 0 Å². The Balaban J connectivity index is 1.68. The summed E-state index contributed by atoms with van der Waals surface area (Å²) in [6.45, 7) is 0.543. The maximum Gasteiger partial charge on any atom is 0.288 e. The first-order chi connectivity index (χ1) is 11.0. The van der Waals surface area contributed by atoms with Gasteiger partial charge in [0.05, 0.1) is 10.2 Å². The van der Waals surface area contributed by atoms with Gasteiger partial charge in [0.25, 0.3) is 5.24 Å². The number of rotatable bonds is 3. The van der Waals surface area contributed by atoms with Gasteiger partial charge in [0.2, 0.25) is 5.91 Å². The van der Waals surface area contributed by atoms with Crippen LogP contribution in [0.5, 0.6) is 5.75 Å². The number of nitrogens with zero attached hydrogens (tertiary/aromatic N) is 1. The Morgan fingerprint density at radius 1 is 1.39 bits per heavy atom. The summed E-state index contributed by atoms with van der Waals surface area (Å²) in [6.07, 6.45) is 6.25. The molecule has 1 N–H and O–H groups in total. The molecule has 1 aliphatic carbocycles. The molecule has 0 spiro atoms. The second kappa shape index (κ2) is 7.09. The van der Waals surface area contributed by atoms with E-state index >= 15 is 0 Å². The number of carbonyl (C=O) groups excluding carboxylic acids is 2. The second-order valence-electron chi connectivity index (χ2n) is 6.03. The fourth-order valence-corrected chi connectivity index (χ4v) is 4.28. The number of thioether (sulfide) groups is 1. The maximum absolute atomic E-state index is 11.7. The molecule has 1 atom stereocenters. The van der Waals surface area contributed by atoms with Gasteiger partial charge in [-0.2, -0.15) is 0 Å². The third-order valence-electron chi connectivity index (χ3n) is 4.28. The maximum atomic E-state index is 11.7. The van der Waals surface area contributed by atoms with Crippen molar-refractivity contribution in [3.05, 3.63) is 33.8 Å². The summed E-state index contributed by atoms with van der Waals surface area (Å²) in [7, 11) is 0. The number of imide groups is 1. The number of phenols is 1. The zero-order valence-electron chi connectivity index (χ0n) is 12.6. The van der Waals surface area contributed by atoms with E-state index < -0.39 is 0 Å². The van der Waals surface area contributed by atoms with E-state index in [0.717, 1.165) is 43.0 Å². The summed E-state index contributed by atoms with van der Waals surface area (Å²) in [4.78, 5) is 24.9. The van der Waals surface area contributed by atoms with Gasteiger partial charge in [0, 0.05) is 6.54 Å². The topological polar surface area (TPSA) is 57.6 Å². The molecule has 4 nitrogen and oxygen atoms in total. The molecular weight excluding hydrogens is 378 g/mol. The van der Waals surface area contributed by atoms with Crippen LogP contribution in [0.25, 0.3) is 6.08 Å². The van der Waals surface area contributed by atoms with Gasteiger partial charge in [-0.3, -0.25) is 14.5 Å². The third-order valence-corrected chi connectivity index (χ3v) is 5.78. The normalized spacial score (nSPS) is 23.8. The quantitative estimate of drug-likeness (QED) is 0.822. The molecule has 1 heterocycles. The van der Waals surface area contributed by atoms with Crippen LogP contribution in [0.15, 0.2) is 28.2 Å². The van der Waals surface area contributed by atoms with Crippen molar-refractivity contribution >= 4 is 44.9 Å². The first-order valence-electron chi connectivity index (χ1n) is 7.68. The van der Waals surface area contributed by atoms with Crippen LogP contribution in [0.4, 0.5) is 4.79 Å². The lowest BCUT2D eigenvalue weighted by Gasteiger charge is -2.27. The molecule has 2 amide bonds. The predicted octanol–water partition coefficient (Wildman–Crippen LogP) is 4.42. The number of carbonyl (C=O) groups is 2. The lowest BCUT2D eigenvalue weighted by Crippen LogP contribution is -2.34. The van der Waals surface area contributed by atoms with Crippen LogP contribution in [-0.4, -0.2) is 33.5 Å².